The first kappa shape index (κ1) is 23.3. The summed E-state index contributed by atoms with van der Waals surface area (Å²) in [6, 6.07) is 9.42. The molecule has 0 spiro atoms. The van der Waals surface area contributed by atoms with Crippen molar-refractivity contribution >= 4 is 29.1 Å². The molecule has 0 saturated carbocycles. The number of halogens is 3. The van der Waals surface area contributed by atoms with Crippen LogP contribution in [0, 0.1) is 6.92 Å². The van der Waals surface area contributed by atoms with E-state index in [0.717, 1.165) is 22.3 Å². The van der Waals surface area contributed by atoms with E-state index in [-0.39, 0.29) is 24.8 Å². The minimum absolute atomic E-state index is 0.0963. The van der Waals surface area contributed by atoms with Gasteiger partial charge in [0.15, 0.2) is 0 Å². The number of carbonyl (C=O) groups excluding carboxylic acids is 1. The number of pyridine rings is 1. The minimum atomic E-state index is -4.50. The Morgan fingerprint density at radius 3 is 2.81 bits per heavy atom. The van der Waals surface area contributed by atoms with Crippen LogP contribution in [-0.2, 0) is 17.6 Å². The third-order valence-corrected chi connectivity index (χ3v) is 4.99. The van der Waals surface area contributed by atoms with Gasteiger partial charge < -0.3 is 15.4 Å². The SMILES string of the molecule is Cc1nc(COc2cccc(C=CC(=O)NCCNc3ncccc3C(F)(F)F)c2)cs1. The number of aromatic nitrogens is 2. The molecule has 32 heavy (non-hydrogen) atoms. The van der Waals surface area contributed by atoms with Crippen molar-refractivity contribution in [2.75, 3.05) is 18.4 Å². The van der Waals surface area contributed by atoms with Crippen LogP contribution in [0.4, 0.5) is 19.0 Å². The van der Waals surface area contributed by atoms with E-state index >= 15 is 0 Å². The van der Waals surface area contributed by atoms with E-state index in [9.17, 15) is 18.0 Å². The van der Waals surface area contributed by atoms with Gasteiger partial charge in [0.1, 0.15) is 18.2 Å². The van der Waals surface area contributed by atoms with Gasteiger partial charge in [-0.1, -0.05) is 12.1 Å². The summed E-state index contributed by atoms with van der Waals surface area (Å²) in [6.07, 6.45) is -0.247. The number of benzene rings is 1. The van der Waals surface area contributed by atoms with Gasteiger partial charge in [0.25, 0.3) is 0 Å². The van der Waals surface area contributed by atoms with Gasteiger partial charge in [-0.05, 0) is 42.8 Å². The topological polar surface area (TPSA) is 76.1 Å². The zero-order chi connectivity index (χ0) is 23.0. The Bertz CT molecular complexity index is 1080. The first-order valence-corrected chi connectivity index (χ1v) is 10.5. The average Bonchev–Trinajstić information content (AvgIpc) is 3.19. The molecule has 2 heterocycles. The van der Waals surface area contributed by atoms with E-state index in [4.69, 9.17) is 4.74 Å². The van der Waals surface area contributed by atoms with Crippen LogP contribution in [0.1, 0.15) is 21.8 Å². The molecule has 6 nitrogen and oxygen atoms in total. The Kier molecular flexibility index (Phi) is 7.82. The number of hydrogen-bond acceptors (Lipinski definition) is 6. The van der Waals surface area contributed by atoms with E-state index in [2.05, 4.69) is 20.6 Å². The zero-order valence-corrected chi connectivity index (χ0v) is 18.0. The Morgan fingerprint density at radius 2 is 2.06 bits per heavy atom. The fourth-order valence-electron chi connectivity index (χ4n) is 2.71. The van der Waals surface area contributed by atoms with Gasteiger partial charge in [-0.3, -0.25) is 4.79 Å². The molecule has 3 rings (SSSR count). The summed E-state index contributed by atoms with van der Waals surface area (Å²) in [4.78, 5) is 20.0. The van der Waals surface area contributed by atoms with E-state index < -0.39 is 11.7 Å². The van der Waals surface area contributed by atoms with Crippen molar-refractivity contribution in [3.8, 4) is 5.75 Å². The number of amides is 1. The van der Waals surface area contributed by atoms with E-state index in [0.29, 0.717) is 12.4 Å². The largest absolute Gasteiger partial charge is 0.487 e. The van der Waals surface area contributed by atoms with Crippen LogP contribution in [-0.4, -0.2) is 29.0 Å². The number of aryl methyl sites for hydroxylation is 1. The summed E-state index contributed by atoms with van der Waals surface area (Å²) in [7, 11) is 0. The predicted molar refractivity (Wildman–Crippen MR) is 117 cm³/mol. The number of alkyl halides is 3. The van der Waals surface area contributed by atoms with Crippen molar-refractivity contribution in [3.63, 3.8) is 0 Å². The van der Waals surface area contributed by atoms with E-state index in [1.807, 2.05) is 30.5 Å². The Morgan fingerprint density at radius 1 is 1.22 bits per heavy atom. The van der Waals surface area contributed by atoms with Crippen molar-refractivity contribution in [1.29, 1.82) is 0 Å². The third kappa shape index (κ3) is 7.09. The van der Waals surface area contributed by atoms with Crippen LogP contribution in [0.2, 0.25) is 0 Å². The monoisotopic (exact) mass is 462 g/mol. The zero-order valence-electron chi connectivity index (χ0n) is 17.1. The summed E-state index contributed by atoms with van der Waals surface area (Å²) in [5.41, 5.74) is 0.779. The molecule has 0 unspecified atom stereocenters. The predicted octanol–water partition coefficient (Wildman–Crippen LogP) is 4.69. The number of ether oxygens (including phenoxy) is 1. The molecule has 0 radical (unpaired) electrons. The number of anilines is 1. The molecule has 0 aliphatic carbocycles. The highest BCUT2D eigenvalue weighted by atomic mass is 32.1. The van der Waals surface area contributed by atoms with Crippen molar-refractivity contribution in [2.45, 2.75) is 19.7 Å². The summed E-state index contributed by atoms with van der Waals surface area (Å²) in [5.74, 6) is 0.0146. The van der Waals surface area contributed by atoms with Gasteiger partial charge in [0.2, 0.25) is 5.91 Å². The molecule has 0 saturated heterocycles. The minimum Gasteiger partial charge on any atom is -0.487 e. The molecule has 1 aromatic carbocycles. The quantitative estimate of drug-likeness (QED) is 0.357. The van der Waals surface area contributed by atoms with Crippen LogP contribution in [0.15, 0.2) is 54.1 Å². The molecule has 1 amide bonds. The van der Waals surface area contributed by atoms with E-state index in [1.54, 1.807) is 23.5 Å². The third-order valence-electron chi connectivity index (χ3n) is 4.17. The Hall–Kier alpha value is -3.40. The molecule has 10 heteroatoms. The molecular formula is C22H21F3N4O2S. The standard InChI is InChI=1S/C22H21F3N4O2S/c1-15-29-17(14-32-15)13-31-18-5-2-4-16(12-18)7-8-20(30)26-10-11-28-21-19(22(23,24)25)6-3-9-27-21/h2-9,12,14H,10-11,13H2,1H3,(H,26,30)(H,27,28). The summed E-state index contributed by atoms with van der Waals surface area (Å²) in [6.45, 7) is 2.52. The molecule has 0 aliphatic heterocycles. The lowest BCUT2D eigenvalue weighted by molar-refractivity contribution is -0.137. The summed E-state index contributed by atoms with van der Waals surface area (Å²) < 4.78 is 44.5. The van der Waals surface area contributed by atoms with Crippen molar-refractivity contribution in [1.82, 2.24) is 15.3 Å². The number of hydrogen-bond donors (Lipinski definition) is 2. The molecule has 3 aromatic rings. The summed E-state index contributed by atoms with van der Waals surface area (Å²) in [5, 5.41) is 8.12. The van der Waals surface area contributed by atoms with Crippen LogP contribution >= 0.6 is 11.3 Å². The lowest BCUT2D eigenvalue weighted by Gasteiger charge is -2.13. The molecule has 2 aromatic heterocycles. The van der Waals surface area contributed by atoms with Gasteiger partial charge in [-0.15, -0.1) is 11.3 Å². The maximum atomic E-state index is 12.9. The average molecular weight is 462 g/mol. The highest BCUT2D eigenvalue weighted by Crippen LogP contribution is 2.33. The fraction of sp³-hybridized carbons (Fsp3) is 0.227. The maximum absolute atomic E-state index is 12.9. The van der Waals surface area contributed by atoms with Gasteiger partial charge in [-0.25, -0.2) is 9.97 Å². The van der Waals surface area contributed by atoms with Crippen molar-refractivity contribution < 1.29 is 22.7 Å². The smallest absolute Gasteiger partial charge is 0.419 e. The van der Waals surface area contributed by atoms with Crippen LogP contribution < -0.4 is 15.4 Å². The molecule has 168 valence electrons. The van der Waals surface area contributed by atoms with Crippen LogP contribution in [0.3, 0.4) is 0 Å². The number of rotatable bonds is 9. The lowest BCUT2D eigenvalue weighted by Crippen LogP contribution is -2.27. The molecule has 0 fully saturated rings. The summed E-state index contributed by atoms with van der Waals surface area (Å²) >= 11 is 1.56. The first-order valence-electron chi connectivity index (χ1n) is 9.67. The second-order valence-electron chi connectivity index (χ2n) is 6.67. The van der Waals surface area contributed by atoms with Gasteiger partial charge >= 0.3 is 6.18 Å². The maximum Gasteiger partial charge on any atom is 0.419 e. The second-order valence-corrected chi connectivity index (χ2v) is 7.73. The number of thiazole rings is 1. The number of nitrogens with one attached hydrogen (secondary N) is 2. The Balaban J connectivity index is 1.45. The normalized spacial score (nSPS) is 11.5. The lowest BCUT2D eigenvalue weighted by atomic mass is 10.2. The molecule has 2 N–H and O–H groups in total. The van der Waals surface area contributed by atoms with Gasteiger partial charge in [-0.2, -0.15) is 13.2 Å². The molecular weight excluding hydrogens is 441 g/mol. The van der Waals surface area contributed by atoms with Crippen LogP contribution in [0.5, 0.6) is 5.75 Å². The molecule has 0 aliphatic rings. The van der Waals surface area contributed by atoms with Gasteiger partial charge in [0.05, 0.1) is 16.3 Å². The molecule has 0 bridgehead atoms. The highest BCUT2D eigenvalue weighted by Gasteiger charge is 2.33. The van der Waals surface area contributed by atoms with E-state index in [1.165, 1.54) is 18.3 Å². The van der Waals surface area contributed by atoms with Crippen LogP contribution in [0.25, 0.3) is 6.08 Å². The Labute approximate surface area is 187 Å². The molecule has 0 atom stereocenters. The van der Waals surface area contributed by atoms with Crippen molar-refractivity contribution in [3.05, 3.63) is 75.9 Å². The first-order chi connectivity index (χ1) is 15.3. The second kappa shape index (κ2) is 10.8. The number of carbonyl (C=O) groups is 1. The highest BCUT2D eigenvalue weighted by molar-refractivity contribution is 7.09. The fourth-order valence-corrected chi connectivity index (χ4v) is 3.31. The number of nitrogens with zero attached hydrogens (tertiary/aromatic N) is 2. The van der Waals surface area contributed by atoms with Crippen molar-refractivity contribution in [2.24, 2.45) is 0 Å². The van der Waals surface area contributed by atoms with Gasteiger partial charge in [0, 0.05) is 30.7 Å².